The Morgan fingerprint density at radius 1 is 1.22 bits per heavy atom. The minimum Gasteiger partial charge on any atom is -0.352 e. The molecule has 0 radical (unpaired) electrons. The zero-order valence-electron chi connectivity index (χ0n) is 12.2. The number of pyridine rings is 1. The van der Waals surface area contributed by atoms with Gasteiger partial charge < -0.3 is 5.32 Å². The lowest BCUT2D eigenvalue weighted by Crippen LogP contribution is -2.27. The van der Waals surface area contributed by atoms with Crippen LogP contribution in [0.4, 0.5) is 0 Å². The number of rotatable bonds is 5. The summed E-state index contributed by atoms with van der Waals surface area (Å²) in [5.74, 6) is 0.256. The highest BCUT2D eigenvalue weighted by Gasteiger charge is 2.13. The van der Waals surface area contributed by atoms with E-state index in [1.807, 2.05) is 24.3 Å². The highest BCUT2D eigenvalue weighted by Crippen LogP contribution is 2.11. The standard InChI is InChI=1S/C16H14ClN5O/c17-13-5-3-12(4-6-13)7-9-20-16(23)14-2-1-8-19-15(14)22-11-18-10-21-22/h1-6,8,10-11H,7,9H2,(H,20,23). The molecule has 0 fully saturated rings. The first-order valence-corrected chi connectivity index (χ1v) is 7.44. The number of carbonyl (C=O) groups is 1. The number of amides is 1. The summed E-state index contributed by atoms with van der Waals surface area (Å²) in [6.07, 6.45) is 5.24. The lowest BCUT2D eigenvalue weighted by atomic mass is 10.1. The largest absolute Gasteiger partial charge is 0.352 e. The maximum absolute atomic E-state index is 12.4. The zero-order chi connectivity index (χ0) is 16.1. The molecule has 0 atom stereocenters. The van der Waals surface area contributed by atoms with Crippen LogP contribution in [0.3, 0.4) is 0 Å². The molecule has 0 unspecified atom stereocenters. The lowest BCUT2D eigenvalue weighted by molar-refractivity contribution is 0.0953. The van der Waals surface area contributed by atoms with Crippen LogP contribution >= 0.6 is 11.6 Å². The van der Waals surface area contributed by atoms with Crippen molar-refractivity contribution in [3.8, 4) is 5.82 Å². The van der Waals surface area contributed by atoms with E-state index in [0.29, 0.717) is 22.9 Å². The molecule has 1 aromatic carbocycles. The Morgan fingerprint density at radius 3 is 2.78 bits per heavy atom. The molecule has 7 heteroatoms. The van der Waals surface area contributed by atoms with Crippen molar-refractivity contribution in [2.75, 3.05) is 6.54 Å². The summed E-state index contributed by atoms with van der Waals surface area (Å²) in [5.41, 5.74) is 1.56. The third-order valence-corrected chi connectivity index (χ3v) is 3.53. The van der Waals surface area contributed by atoms with Crippen molar-refractivity contribution >= 4 is 17.5 Å². The van der Waals surface area contributed by atoms with Crippen LogP contribution < -0.4 is 5.32 Å². The van der Waals surface area contributed by atoms with E-state index in [1.54, 1.807) is 18.3 Å². The molecule has 116 valence electrons. The number of nitrogens with one attached hydrogen (secondary N) is 1. The van der Waals surface area contributed by atoms with Crippen LogP contribution in [-0.2, 0) is 6.42 Å². The SMILES string of the molecule is O=C(NCCc1ccc(Cl)cc1)c1cccnc1-n1cncn1. The third-order valence-electron chi connectivity index (χ3n) is 3.28. The van der Waals surface area contributed by atoms with Crippen LogP contribution in [-0.4, -0.2) is 32.2 Å². The van der Waals surface area contributed by atoms with Crippen LogP contribution in [0, 0.1) is 0 Å². The molecule has 2 heterocycles. The molecular weight excluding hydrogens is 314 g/mol. The highest BCUT2D eigenvalue weighted by molar-refractivity contribution is 6.30. The van der Waals surface area contributed by atoms with E-state index in [-0.39, 0.29) is 5.91 Å². The number of aromatic nitrogens is 4. The van der Waals surface area contributed by atoms with Crippen LogP contribution in [0.15, 0.2) is 55.2 Å². The molecule has 3 aromatic rings. The number of halogens is 1. The first-order chi connectivity index (χ1) is 11.2. The lowest BCUT2D eigenvalue weighted by Gasteiger charge is -2.09. The molecule has 0 spiro atoms. The number of benzene rings is 1. The van der Waals surface area contributed by atoms with Crippen molar-refractivity contribution in [2.45, 2.75) is 6.42 Å². The average molecular weight is 328 g/mol. The highest BCUT2D eigenvalue weighted by atomic mass is 35.5. The smallest absolute Gasteiger partial charge is 0.255 e. The fourth-order valence-corrected chi connectivity index (χ4v) is 2.27. The Kier molecular flexibility index (Phi) is 4.63. The van der Waals surface area contributed by atoms with Gasteiger partial charge in [-0.2, -0.15) is 5.10 Å². The van der Waals surface area contributed by atoms with Gasteiger partial charge >= 0.3 is 0 Å². The van der Waals surface area contributed by atoms with E-state index >= 15 is 0 Å². The minimum atomic E-state index is -0.197. The van der Waals surface area contributed by atoms with Gasteiger partial charge in [-0.1, -0.05) is 23.7 Å². The van der Waals surface area contributed by atoms with Gasteiger partial charge in [0.2, 0.25) is 0 Å². The van der Waals surface area contributed by atoms with Crippen molar-refractivity contribution in [3.05, 3.63) is 71.4 Å². The summed E-state index contributed by atoms with van der Waals surface area (Å²) in [7, 11) is 0. The molecule has 0 bridgehead atoms. The second kappa shape index (κ2) is 7.02. The maximum atomic E-state index is 12.4. The zero-order valence-corrected chi connectivity index (χ0v) is 12.9. The molecule has 0 aliphatic heterocycles. The maximum Gasteiger partial charge on any atom is 0.255 e. The van der Waals surface area contributed by atoms with E-state index in [1.165, 1.54) is 17.3 Å². The van der Waals surface area contributed by atoms with Gasteiger partial charge in [0, 0.05) is 17.8 Å². The van der Waals surface area contributed by atoms with E-state index in [4.69, 9.17) is 11.6 Å². The van der Waals surface area contributed by atoms with Gasteiger partial charge in [0.25, 0.3) is 5.91 Å². The molecule has 2 aromatic heterocycles. The van der Waals surface area contributed by atoms with E-state index in [0.717, 1.165) is 12.0 Å². The van der Waals surface area contributed by atoms with Gasteiger partial charge in [-0.05, 0) is 36.2 Å². The molecule has 1 N–H and O–H groups in total. The Bertz CT molecular complexity index is 786. The van der Waals surface area contributed by atoms with E-state index < -0.39 is 0 Å². The number of hydrogen-bond donors (Lipinski definition) is 1. The predicted octanol–water partition coefficient (Wildman–Crippen LogP) is 2.29. The Labute approximate surface area is 138 Å². The summed E-state index contributed by atoms with van der Waals surface area (Å²) in [5, 5.41) is 7.61. The molecule has 6 nitrogen and oxygen atoms in total. The summed E-state index contributed by atoms with van der Waals surface area (Å²) < 4.78 is 1.47. The second-order valence-corrected chi connectivity index (χ2v) is 5.28. The second-order valence-electron chi connectivity index (χ2n) is 4.85. The van der Waals surface area contributed by atoms with Crippen LogP contribution in [0.25, 0.3) is 5.82 Å². The number of hydrogen-bond acceptors (Lipinski definition) is 4. The average Bonchev–Trinajstić information content (AvgIpc) is 3.11. The first kappa shape index (κ1) is 15.2. The molecular formula is C16H14ClN5O. The van der Waals surface area contributed by atoms with Crippen molar-refractivity contribution in [2.24, 2.45) is 0 Å². The molecule has 0 saturated carbocycles. The van der Waals surface area contributed by atoms with Gasteiger partial charge in [0.1, 0.15) is 12.7 Å². The van der Waals surface area contributed by atoms with Gasteiger partial charge in [-0.15, -0.1) is 0 Å². The fraction of sp³-hybridized carbons (Fsp3) is 0.125. The van der Waals surface area contributed by atoms with Crippen LogP contribution in [0.1, 0.15) is 15.9 Å². The van der Waals surface area contributed by atoms with Crippen LogP contribution in [0.5, 0.6) is 0 Å². The summed E-state index contributed by atoms with van der Waals surface area (Å²) in [6.45, 7) is 0.520. The third kappa shape index (κ3) is 3.73. The minimum absolute atomic E-state index is 0.197. The Morgan fingerprint density at radius 2 is 2.04 bits per heavy atom. The quantitative estimate of drug-likeness (QED) is 0.780. The summed E-state index contributed by atoms with van der Waals surface area (Å²) >= 11 is 5.85. The summed E-state index contributed by atoms with van der Waals surface area (Å²) in [4.78, 5) is 20.5. The van der Waals surface area contributed by atoms with Gasteiger partial charge in [0.05, 0.1) is 5.56 Å². The Balaban J connectivity index is 1.66. The van der Waals surface area contributed by atoms with Gasteiger partial charge in [0.15, 0.2) is 5.82 Å². The number of nitrogens with zero attached hydrogens (tertiary/aromatic N) is 4. The fourth-order valence-electron chi connectivity index (χ4n) is 2.14. The molecule has 1 amide bonds. The number of carbonyl (C=O) groups excluding carboxylic acids is 1. The van der Waals surface area contributed by atoms with Crippen molar-refractivity contribution < 1.29 is 4.79 Å². The topological polar surface area (TPSA) is 72.7 Å². The van der Waals surface area contributed by atoms with Crippen molar-refractivity contribution in [1.29, 1.82) is 0 Å². The molecule has 23 heavy (non-hydrogen) atoms. The normalized spacial score (nSPS) is 10.5. The van der Waals surface area contributed by atoms with Gasteiger partial charge in [-0.25, -0.2) is 14.6 Å². The first-order valence-electron chi connectivity index (χ1n) is 7.07. The van der Waals surface area contributed by atoms with E-state index in [9.17, 15) is 4.79 Å². The van der Waals surface area contributed by atoms with Crippen LogP contribution in [0.2, 0.25) is 5.02 Å². The summed E-state index contributed by atoms with van der Waals surface area (Å²) in [6, 6.07) is 11.0. The molecule has 0 aliphatic rings. The molecule has 0 aliphatic carbocycles. The van der Waals surface area contributed by atoms with Crippen molar-refractivity contribution in [1.82, 2.24) is 25.1 Å². The van der Waals surface area contributed by atoms with Crippen molar-refractivity contribution in [3.63, 3.8) is 0 Å². The molecule has 3 rings (SSSR count). The van der Waals surface area contributed by atoms with E-state index in [2.05, 4.69) is 20.4 Å². The monoisotopic (exact) mass is 327 g/mol. The predicted molar refractivity (Wildman–Crippen MR) is 86.6 cm³/mol. The Hall–Kier alpha value is -2.73. The van der Waals surface area contributed by atoms with Gasteiger partial charge in [-0.3, -0.25) is 4.79 Å². The molecule has 0 saturated heterocycles.